The van der Waals surface area contributed by atoms with Gasteiger partial charge in [-0.25, -0.2) is 8.78 Å². The number of nitrogens with one attached hydrogen (secondary N) is 1. The van der Waals surface area contributed by atoms with Crippen LogP contribution in [-0.4, -0.2) is 5.91 Å². The van der Waals surface area contributed by atoms with Gasteiger partial charge in [0, 0.05) is 5.92 Å². The highest BCUT2D eigenvalue weighted by Gasteiger charge is 2.45. The summed E-state index contributed by atoms with van der Waals surface area (Å²) in [5, 5.41) is 3.14. The highest BCUT2D eigenvalue weighted by atomic mass is 19.1. The largest absolute Gasteiger partial charge is 0.349 e. The molecule has 2 nitrogen and oxygen atoms in total. The van der Waals surface area contributed by atoms with E-state index in [-0.39, 0.29) is 35.4 Å². The SMILES string of the molecule is O=C(NC(c1ccc(F)cc1)C1CC1)C1CC1c1cccc(F)c1. The number of hydrogen-bond donors (Lipinski definition) is 1. The van der Waals surface area contributed by atoms with Crippen molar-refractivity contribution in [3.05, 3.63) is 71.3 Å². The maximum absolute atomic E-state index is 13.3. The highest BCUT2D eigenvalue weighted by Crippen LogP contribution is 2.49. The highest BCUT2D eigenvalue weighted by molar-refractivity contribution is 5.83. The lowest BCUT2D eigenvalue weighted by Gasteiger charge is -2.19. The van der Waals surface area contributed by atoms with Crippen LogP contribution >= 0.6 is 0 Å². The van der Waals surface area contributed by atoms with Crippen LogP contribution in [0, 0.1) is 23.5 Å². The van der Waals surface area contributed by atoms with Crippen molar-refractivity contribution in [3.8, 4) is 0 Å². The standard InChI is InChI=1S/C20H19F2NO/c21-15-8-6-13(7-9-15)19(12-4-5-12)23-20(24)18-11-17(18)14-2-1-3-16(22)10-14/h1-3,6-10,12,17-19H,4-5,11H2,(H,23,24). The Hall–Kier alpha value is -2.23. The summed E-state index contributed by atoms with van der Waals surface area (Å²) in [6.45, 7) is 0. The van der Waals surface area contributed by atoms with Crippen LogP contribution in [0.3, 0.4) is 0 Å². The second kappa shape index (κ2) is 6.00. The van der Waals surface area contributed by atoms with Gasteiger partial charge in [0.15, 0.2) is 0 Å². The second-order valence-corrected chi connectivity index (χ2v) is 6.88. The quantitative estimate of drug-likeness (QED) is 0.870. The average Bonchev–Trinajstić information content (AvgIpc) is 3.47. The van der Waals surface area contributed by atoms with Gasteiger partial charge in [0.05, 0.1) is 6.04 Å². The summed E-state index contributed by atoms with van der Waals surface area (Å²) >= 11 is 0. The van der Waals surface area contributed by atoms with Gasteiger partial charge >= 0.3 is 0 Å². The van der Waals surface area contributed by atoms with Crippen molar-refractivity contribution in [1.29, 1.82) is 0 Å². The van der Waals surface area contributed by atoms with Crippen LogP contribution in [0.15, 0.2) is 48.5 Å². The predicted molar refractivity (Wildman–Crippen MR) is 87.3 cm³/mol. The van der Waals surface area contributed by atoms with Gasteiger partial charge in [-0.05, 0) is 66.5 Å². The van der Waals surface area contributed by atoms with E-state index in [0.717, 1.165) is 30.4 Å². The molecule has 2 fully saturated rings. The molecule has 3 unspecified atom stereocenters. The van der Waals surface area contributed by atoms with E-state index >= 15 is 0 Å². The van der Waals surface area contributed by atoms with Gasteiger partial charge in [0.1, 0.15) is 11.6 Å². The van der Waals surface area contributed by atoms with Gasteiger partial charge in [0.2, 0.25) is 5.91 Å². The first-order valence-electron chi connectivity index (χ1n) is 8.43. The van der Waals surface area contributed by atoms with E-state index in [1.165, 1.54) is 24.3 Å². The van der Waals surface area contributed by atoms with Gasteiger partial charge in [-0.15, -0.1) is 0 Å². The molecule has 2 aliphatic rings. The Bertz CT molecular complexity index is 754. The van der Waals surface area contributed by atoms with Crippen molar-refractivity contribution >= 4 is 5.91 Å². The number of halogens is 2. The molecule has 2 aromatic rings. The molecule has 0 bridgehead atoms. The molecule has 0 aromatic heterocycles. The molecule has 0 saturated heterocycles. The average molecular weight is 327 g/mol. The molecule has 124 valence electrons. The number of benzene rings is 2. The molecular formula is C20H19F2NO. The Labute approximate surface area is 139 Å². The number of carbonyl (C=O) groups excluding carboxylic acids is 1. The summed E-state index contributed by atoms with van der Waals surface area (Å²) in [4.78, 5) is 12.6. The molecule has 3 atom stereocenters. The topological polar surface area (TPSA) is 29.1 Å². The van der Waals surface area contributed by atoms with Crippen molar-refractivity contribution in [2.75, 3.05) is 0 Å². The van der Waals surface area contributed by atoms with Gasteiger partial charge in [0.25, 0.3) is 0 Å². The maximum atomic E-state index is 13.3. The molecule has 24 heavy (non-hydrogen) atoms. The molecule has 2 aromatic carbocycles. The van der Waals surface area contributed by atoms with Gasteiger partial charge in [-0.3, -0.25) is 4.79 Å². The molecular weight excluding hydrogens is 308 g/mol. The van der Waals surface area contributed by atoms with E-state index in [9.17, 15) is 13.6 Å². The van der Waals surface area contributed by atoms with E-state index in [1.807, 2.05) is 6.07 Å². The summed E-state index contributed by atoms with van der Waals surface area (Å²) < 4.78 is 26.5. The van der Waals surface area contributed by atoms with Crippen LogP contribution in [0.1, 0.15) is 42.3 Å². The Morgan fingerprint density at radius 3 is 2.46 bits per heavy atom. The molecule has 0 aliphatic heterocycles. The van der Waals surface area contributed by atoms with Gasteiger partial charge in [-0.2, -0.15) is 0 Å². The van der Waals surface area contributed by atoms with E-state index in [0.29, 0.717) is 5.92 Å². The van der Waals surface area contributed by atoms with E-state index in [1.54, 1.807) is 18.2 Å². The van der Waals surface area contributed by atoms with Gasteiger partial charge < -0.3 is 5.32 Å². The summed E-state index contributed by atoms with van der Waals surface area (Å²) in [6.07, 6.45) is 2.93. The minimum atomic E-state index is -0.270. The fourth-order valence-electron chi connectivity index (χ4n) is 3.42. The molecule has 4 rings (SSSR count). The van der Waals surface area contributed by atoms with Crippen molar-refractivity contribution in [1.82, 2.24) is 5.32 Å². The van der Waals surface area contributed by atoms with E-state index < -0.39 is 0 Å². The third-order valence-electron chi connectivity index (χ3n) is 5.02. The molecule has 0 spiro atoms. The Balaban J connectivity index is 1.44. The maximum Gasteiger partial charge on any atom is 0.224 e. The van der Waals surface area contributed by atoms with Crippen LogP contribution in [0.5, 0.6) is 0 Å². The number of rotatable bonds is 5. The molecule has 2 aliphatic carbocycles. The third-order valence-corrected chi connectivity index (χ3v) is 5.02. The van der Waals surface area contributed by atoms with Crippen molar-refractivity contribution in [2.24, 2.45) is 11.8 Å². The number of carbonyl (C=O) groups is 1. The van der Waals surface area contributed by atoms with E-state index in [4.69, 9.17) is 0 Å². The summed E-state index contributed by atoms with van der Waals surface area (Å²) in [5.74, 6) is -0.0627. The van der Waals surface area contributed by atoms with Crippen LogP contribution in [0.4, 0.5) is 8.78 Å². The lowest BCUT2D eigenvalue weighted by Crippen LogP contribution is -2.31. The molecule has 1 amide bonds. The first-order valence-corrected chi connectivity index (χ1v) is 8.43. The Kier molecular flexibility index (Phi) is 3.83. The first kappa shape index (κ1) is 15.3. The summed E-state index contributed by atoms with van der Waals surface area (Å²) in [7, 11) is 0. The molecule has 0 radical (unpaired) electrons. The van der Waals surface area contributed by atoms with Crippen molar-refractivity contribution in [2.45, 2.75) is 31.2 Å². The Morgan fingerprint density at radius 2 is 1.79 bits per heavy atom. The molecule has 1 N–H and O–H groups in total. The zero-order valence-corrected chi connectivity index (χ0v) is 13.2. The minimum Gasteiger partial charge on any atom is -0.349 e. The normalized spacial score (nSPS) is 23.6. The van der Waals surface area contributed by atoms with Crippen molar-refractivity contribution in [3.63, 3.8) is 0 Å². The van der Waals surface area contributed by atoms with Crippen LogP contribution in [0.2, 0.25) is 0 Å². The van der Waals surface area contributed by atoms with Crippen molar-refractivity contribution < 1.29 is 13.6 Å². The lowest BCUT2D eigenvalue weighted by molar-refractivity contribution is -0.123. The van der Waals surface area contributed by atoms with Crippen LogP contribution in [-0.2, 0) is 4.79 Å². The smallest absolute Gasteiger partial charge is 0.224 e. The number of amides is 1. The summed E-state index contributed by atoms with van der Waals surface area (Å²) in [6, 6.07) is 12.8. The zero-order valence-electron chi connectivity index (χ0n) is 13.2. The van der Waals surface area contributed by atoms with Crippen LogP contribution in [0.25, 0.3) is 0 Å². The number of hydrogen-bond acceptors (Lipinski definition) is 1. The Morgan fingerprint density at radius 1 is 1.04 bits per heavy atom. The zero-order chi connectivity index (χ0) is 16.7. The molecule has 0 heterocycles. The predicted octanol–water partition coefficient (Wildman–Crippen LogP) is 4.34. The first-order chi connectivity index (χ1) is 11.6. The third kappa shape index (κ3) is 3.18. The minimum absolute atomic E-state index is 0.0190. The molecule has 2 saturated carbocycles. The lowest BCUT2D eigenvalue weighted by atomic mass is 10.0. The van der Waals surface area contributed by atoms with Crippen LogP contribution < -0.4 is 5.32 Å². The fourth-order valence-corrected chi connectivity index (χ4v) is 3.42. The van der Waals surface area contributed by atoms with Gasteiger partial charge in [-0.1, -0.05) is 24.3 Å². The second-order valence-electron chi connectivity index (χ2n) is 6.88. The molecule has 4 heteroatoms. The van der Waals surface area contributed by atoms with E-state index in [2.05, 4.69) is 5.32 Å². The monoisotopic (exact) mass is 327 g/mol. The summed E-state index contributed by atoms with van der Waals surface area (Å²) in [5.41, 5.74) is 1.84. The fraction of sp³-hybridized carbons (Fsp3) is 0.350.